The number of hydrogen-bond donors (Lipinski definition) is 3. The number of benzene rings is 1. The lowest BCUT2D eigenvalue weighted by Crippen LogP contribution is -2.36. The van der Waals surface area contributed by atoms with Gasteiger partial charge in [0.25, 0.3) is 5.91 Å². The normalized spacial score (nSPS) is 27.1. The topological polar surface area (TPSA) is 70.6 Å². The van der Waals surface area contributed by atoms with Gasteiger partial charge >= 0.3 is 0 Å². The minimum Gasteiger partial charge on any atom is -0.478 e. The molecule has 1 unspecified atom stereocenters. The lowest BCUT2D eigenvalue weighted by atomic mass is 9.94. The monoisotopic (exact) mass is 400 g/mol. The molecule has 1 amide bonds. The summed E-state index contributed by atoms with van der Waals surface area (Å²) in [7, 11) is 0. The molecule has 3 rings (SSSR count). The van der Waals surface area contributed by atoms with E-state index in [9.17, 15) is 9.90 Å². The third-order valence-electron chi connectivity index (χ3n) is 4.26. The van der Waals surface area contributed by atoms with E-state index in [0.717, 1.165) is 35.1 Å². The highest BCUT2D eigenvalue weighted by molar-refractivity contribution is 9.10. The van der Waals surface area contributed by atoms with E-state index in [4.69, 9.17) is 4.74 Å². The third kappa shape index (κ3) is 4.02. The molecule has 2 aliphatic rings. The second-order valence-electron chi connectivity index (χ2n) is 6.01. The van der Waals surface area contributed by atoms with Crippen LogP contribution in [0.4, 0.5) is 5.69 Å². The van der Waals surface area contributed by atoms with Gasteiger partial charge in [-0.2, -0.15) is 0 Å². The quantitative estimate of drug-likeness (QED) is 0.675. The highest BCUT2D eigenvalue weighted by atomic mass is 79.9. The predicted molar refractivity (Wildman–Crippen MR) is 94.7 cm³/mol. The summed E-state index contributed by atoms with van der Waals surface area (Å²) in [5, 5.41) is 12.5. The number of anilines is 1. The van der Waals surface area contributed by atoms with E-state index in [1.807, 2.05) is 19.1 Å². The van der Waals surface area contributed by atoms with E-state index in [1.165, 1.54) is 0 Å². The van der Waals surface area contributed by atoms with Crippen molar-refractivity contribution in [1.29, 1.82) is 0 Å². The molecule has 0 aromatic heterocycles. The Labute approximate surface area is 148 Å². The fraction of sp³-hybridized carbons (Fsp3) is 0.562. The second kappa shape index (κ2) is 7.42. The van der Waals surface area contributed by atoms with Crippen LogP contribution in [-0.2, 0) is 4.79 Å². The lowest BCUT2D eigenvalue weighted by Gasteiger charge is -2.27. The number of carbonyl (C=O) groups excluding carboxylic acids is 1. The van der Waals surface area contributed by atoms with Gasteiger partial charge in [-0.15, -0.1) is 0 Å². The van der Waals surface area contributed by atoms with Crippen molar-refractivity contribution in [3.8, 4) is 5.75 Å². The van der Waals surface area contributed by atoms with Crippen molar-refractivity contribution in [1.82, 2.24) is 4.72 Å². The smallest absolute Gasteiger partial charge is 0.265 e. The van der Waals surface area contributed by atoms with Crippen molar-refractivity contribution in [2.24, 2.45) is 0 Å². The van der Waals surface area contributed by atoms with Crippen molar-refractivity contribution in [3.05, 3.63) is 16.6 Å². The van der Waals surface area contributed by atoms with Crippen molar-refractivity contribution in [2.45, 2.75) is 62.2 Å². The minimum atomic E-state index is -0.422. The molecular weight excluding hydrogens is 380 g/mol. The molecule has 1 saturated carbocycles. The summed E-state index contributed by atoms with van der Waals surface area (Å²) < 4.78 is 10.2. The zero-order valence-corrected chi connectivity index (χ0v) is 15.4. The first-order valence-electron chi connectivity index (χ1n) is 7.98. The van der Waals surface area contributed by atoms with Crippen LogP contribution in [0.3, 0.4) is 0 Å². The van der Waals surface area contributed by atoms with Crippen LogP contribution < -0.4 is 14.8 Å². The molecule has 1 atom stereocenters. The van der Waals surface area contributed by atoms with Gasteiger partial charge in [-0.25, -0.2) is 0 Å². The van der Waals surface area contributed by atoms with Crippen LogP contribution in [0.15, 0.2) is 21.5 Å². The van der Waals surface area contributed by atoms with Gasteiger partial charge in [0.05, 0.1) is 11.8 Å². The Morgan fingerprint density at radius 3 is 2.83 bits per heavy atom. The molecule has 7 heteroatoms. The van der Waals surface area contributed by atoms with Gasteiger partial charge in [0.2, 0.25) is 0 Å². The Kier molecular flexibility index (Phi) is 5.51. The van der Waals surface area contributed by atoms with Crippen LogP contribution in [0.1, 0.15) is 39.0 Å². The van der Waals surface area contributed by atoms with Crippen LogP contribution in [0.25, 0.3) is 0 Å². The average Bonchev–Trinajstić information content (AvgIpc) is 2.54. The fourth-order valence-corrected chi connectivity index (χ4v) is 4.28. The number of nitrogens with one attached hydrogen (secondary N) is 2. The largest absolute Gasteiger partial charge is 0.478 e. The number of carbonyl (C=O) groups is 1. The van der Waals surface area contributed by atoms with E-state index >= 15 is 0 Å². The van der Waals surface area contributed by atoms with Gasteiger partial charge in [0.15, 0.2) is 6.10 Å². The number of aliphatic hydroxyl groups excluding tert-OH is 1. The number of halogens is 1. The predicted octanol–water partition coefficient (Wildman–Crippen LogP) is 3.46. The van der Waals surface area contributed by atoms with Gasteiger partial charge in [0, 0.05) is 15.4 Å². The van der Waals surface area contributed by atoms with E-state index in [0.29, 0.717) is 23.9 Å². The van der Waals surface area contributed by atoms with Crippen molar-refractivity contribution in [2.75, 3.05) is 5.32 Å². The molecule has 23 heavy (non-hydrogen) atoms. The fourth-order valence-electron chi connectivity index (χ4n) is 2.84. The van der Waals surface area contributed by atoms with Crippen LogP contribution in [0.5, 0.6) is 5.75 Å². The van der Waals surface area contributed by atoms with Crippen molar-refractivity contribution >= 4 is 39.5 Å². The molecule has 3 N–H and O–H groups in total. The molecule has 1 aromatic carbocycles. The van der Waals surface area contributed by atoms with E-state index < -0.39 is 6.10 Å². The first-order valence-corrected chi connectivity index (χ1v) is 9.59. The average molecular weight is 401 g/mol. The Hall–Kier alpha value is -0.760. The summed E-state index contributed by atoms with van der Waals surface area (Å²) in [6.07, 6.45) is 3.77. The number of hydrogen-bond acceptors (Lipinski definition) is 5. The first kappa shape index (κ1) is 17.1. The maximum atomic E-state index is 11.9. The number of amides is 1. The van der Waals surface area contributed by atoms with Crippen molar-refractivity contribution < 1.29 is 14.6 Å². The Bertz CT molecular complexity index is 591. The molecule has 0 spiro atoms. The number of ether oxygens (including phenoxy) is 1. The molecule has 1 fully saturated rings. The summed E-state index contributed by atoms with van der Waals surface area (Å²) >= 11 is 5.12. The molecule has 1 aliphatic heterocycles. The van der Waals surface area contributed by atoms with Gasteiger partial charge < -0.3 is 15.2 Å². The van der Waals surface area contributed by atoms with E-state index in [1.54, 1.807) is 11.9 Å². The van der Waals surface area contributed by atoms with Crippen LogP contribution >= 0.6 is 27.9 Å². The highest BCUT2D eigenvalue weighted by Gasteiger charge is 2.27. The Balaban J connectivity index is 1.67. The molecule has 126 valence electrons. The summed E-state index contributed by atoms with van der Waals surface area (Å²) in [4.78, 5) is 12.9. The van der Waals surface area contributed by atoms with Gasteiger partial charge in [-0.05, 0) is 72.1 Å². The first-order chi connectivity index (χ1) is 11.1. The maximum absolute atomic E-state index is 11.9. The second-order valence-corrected chi connectivity index (χ2v) is 7.74. The number of aliphatic hydroxyl groups is 1. The molecule has 0 radical (unpaired) electrons. The zero-order chi connectivity index (χ0) is 16.4. The van der Waals surface area contributed by atoms with Crippen LogP contribution in [-0.4, -0.2) is 29.3 Å². The number of fused-ring (bicyclic) bond motifs is 1. The summed E-state index contributed by atoms with van der Waals surface area (Å²) in [5.74, 6) is 0.620. The van der Waals surface area contributed by atoms with Crippen LogP contribution in [0, 0.1) is 0 Å². The summed E-state index contributed by atoms with van der Waals surface area (Å²) in [6.45, 7) is 1.93. The van der Waals surface area contributed by atoms with Crippen molar-refractivity contribution in [3.63, 3.8) is 0 Å². The molecule has 1 aliphatic carbocycles. The zero-order valence-electron chi connectivity index (χ0n) is 13.0. The Morgan fingerprint density at radius 2 is 2.13 bits per heavy atom. The molecule has 5 nitrogen and oxygen atoms in total. The molecular formula is C16H21BrN2O3S. The summed E-state index contributed by atoms with van der Waals surface area (Å²) in [6, 6.07) is 4.25. The van der Waals surface area contributed by atoms with Crippen LogP contribution in [0.2, 0.25) is 0 Å². The van der Waals surface area contributed by atoms with Gasteiger partial charge in [-0.1, -0.05) is 6.92 Å². The standard InChI is InChI=1S/C16H21BrN2O3S/c1-2-13-16(21)18-12-7-11(17)15(8-14(12)22-13)23-19-9-3-5-10(20)6-4-9/h7-10,13,19-20H,2-6H2,1H3,(H,18,21). The Morgan fingerprint density at radius 1 is 1.39 bits per heavy atom. The number of rotatable bonds is 4. The molecule has 0 saturated heterocycles. The van der Waals surface area contributed by atoms with E-state index in [2.05, 4.69) is 26.0 Å². The maximum Gasteiger partial charge on any atom is 0.265 e. The lowest BCUT2D eigenvalue weighted by molar-refractivity contribution is -0.123. The minimum absolute atomic E-state index is 0.0915. The molecule has 0 bridgehead atoms. The van der Waals surface area contributed by atoms with Gasteiger partial charge in [-0.3, -0.25) is 9.52 Å². The van der Waals surface area contributed by atoms with E-state index in [-0.39, 0.29) is 12.0 Å². The third-order valence-corrected chi connectivity index (χ3v) is 6.18. The SMILES string of the molecule is CCC1Oc2cc(SNC3CCC(O)CC3)c(Br)cc2NC1=O. The highest BCUT2D eigenvalue weighted by Crippen LogP contribution is 2.39. The molecule has 1 aromatic rings. The molecule has 1 heterocycles. The van der Waals surface area contributed by atoms with Gasteiger partial charge in [0.1, 0.15) is 5.75 Å². The summed E-state index contributed by atoms with van der Waals surface area (Å²) in [5.41, 5.74) is 0.705.